The van der Waals surface area contributed by atoms with Crippen LogP contribution in [-0.4, -0.2) is 23.7 Å². The van der Waals surface area contributed by atoms with E-state index in [1.54, 1.807) is 32.0 Å². The van der Waals surface area contributed by atoms with Gasteiger partial charge in [0.1, 0.15) is 6.07 Å². The SMILES string of the molecule is CC(C)C(CNC(=O)Nc1cc(Br)ccc1C#N)C(=O)O. The number of hydrogen-bond acceptors (Lipinski definition) is 3. The number of carboxylic acid groups (broad SMARTS) is 1. The van der Waals surface area contributed by atoms with E-state index in [1.807, 2.05) is 6.07 Å². The number of benzene rings is 1. The van der Waals surface area contributed by atoms with E-state index in [0.717, 1.165) is 4.47 Å². The third kappa shape index (κ3) is 5.08. The molecule has 0 heterocycles. The Labute approximate surface area is 131 Å². The quantitative estimate of drug-likeness (QED) is 0.757. The van der Waals surface area contributed by atoms with Crippen LogP contribution in [0.3, 0.4) is 0 Å². The Morgan fingerprint density at radius 1 is 1.43 bits per heavy atom. The van der Waals surface area contributed by atoms with Crippen LogP contribution in [0.4, 0.5) is 10.5 Å². The van der Waals surface area contributed by atoms with E-state index >= 15 is 0 Å². The second kappa shape index (κ2) is 7.64. The van der Waals surface area contributed by atoms with Crippen LogP contribution in [0, 0.1) is 23.2 Å². The number of carbonyl (C=O) groups is 2. The van der Waals surface area contributed by atoms with E-state index in [-0.39, 0.29) is 12.5 Å². The van der Waals surface area contributed by atoms with Crippen LogP contribution in [0.2, 0.25) is 0 Å². The molecule has 0 radical (unpaired) electrons. The van der Waals surface area contributed by atoms with Gasteiger partial charge in [-0.05, 0) is 24.1 Å². The topological polar surface area (TPSA) is 102 Å². The van der Waals surface area contributed by atoms with Gasteiger partial charge in [0.05, 0.1) is 17.2 Å². The van der Waals surface area contributed by atoms with Gasteiger partial charge in [-0.2, -0.15) is 5.26 Å². The number of amides is 2. The van der Waals surface area contributed by atoms with E-state index < -0.39 is 17.9 Å². The normalized spacial score (nSPS) is 11.6. The molecule has 1 atom stereocenters. The molecule has 0 saturated heterocycles. The van der Waals surface area contributed by atoms with Crippen molar-refractivity contribution in [2.75, 3.05) is 11.9 Å². The Morgan fingerprint density at radius 3 is 2.62 bits per heavy atom. The number of carboxylic acids is 1. The van der Waals surface area contributed by atoms with Crippen LogP contribution in [-0.2, 0) is 4.79 Å². The highest BCUT2D eigenvalue weighted by Crippen LogP contribution is 2.20. The molecule has 3 N–H and O–H groups in total. The first-order chi connectivity index (χ1) is 9.85. The lowest BCUT2D eigenvalue weighted by Gasteiger charge is -2.17. The molecule has 0 aliphatic carbocycles. The number of anilines is 1. The first kappa shape index (κ1) is 17.0. The van der Waals surface area contributed by atoms with Gasteiger partial charge in [0.2, 0.25) is 0 Å². The Kier molecular flexibility index (Phi) is 6.18. The lowest BCUT2D eigenvalue weighted by Crippen LogP contribution is -2.37. The fraction of sp³-hybridized carbons (Fsp3) is 0.357. The van der Waals surface area contributed by atoms with Gasteiger partial charge in [0, 0.05) is 11.0 Å². The van der Waals surface area contributed by atoms with Gasteiger partial charge >= 0.3 is 12.0 Å². The van der Waals surface area contributed by atoms with Crippen molar-refractivity contribution >= 4 is 33.6 Å². The number of nitrogens with zero attached hydrogens (tertiary/aromatic N) is 1. The van der Waals surface area contributed by atoms with Gasteiger partial charge in [-0.15, -0.1) is 0 Å². The summed E-state index contributed by atoms with van der Waals surface area (Å²) in [6.45, 7) is 3.58. The minimum Gasteiger partial charge on any atom is -0.481 e. The monoisotopic (exact) mass is 353 g/mol. The van der Waals surface area contributed by atoms with Gasteiger partial charge < -0.3 is 15.7 Å². The van der Waals surface area contributed by atoms with Gasteiger partial charge in [0.25, 0.3) is 0 Å². The van der Waals surface area contributed by atoms with Crippen LogP contribution in [0.15, 0.2) is 22.7 Å². The summed E-state index contributed by atoms with van der Waals surface area (Å²) in [6.07, 6.45) is 0. The Balaban J connectivity index is 2.68. The van der Waals surface area contributed by atoms with Gasteiger partial charge in [-0.1, -0.05) is 29.8 Å². The molecule has 1 rings (SSSR count). The standard InChI is InChI=1S/C14H16BrN3O3/c1-8(2)11(13(19)20)7-17-14(21)18-12-5-10(15)4-3-9(12)6-16/h3-5,8,11H,7H2,1-2H3,(H,19,20)(H2,17,18,21). The maximum atomic E-state index is 11.8. The Hall–Kier alpha value is -2.07. The molecule has 2 amide bonds. The molecule has 112 valence electrons. The number of aliphatic carboxylic acids is 1. The molecule has 0 aliphatic rings. The Morgan fingerprint density at radius 2 is 2.10 bits per heavy atom. The first-order valence-corrected chi connectivity index (χ1v) is 7.11. The molecule has 1 unspecified atom stereocenters. The molecule has 7 heteroatoms. The van der Waals surface area contributed by atoms with E-state index in [4.69, 9.17) is 10.4 Å². The van der Waals surface area contributed by atoms with Crippen LogP contribution < -0.4 is 10.6 Å². The third-order valence-electron chi connectivity index (χ3n) is 2.95. The van der Waals surface area contributed by atoms with Crippen molar-refractivity contribution in [3.8, 4) is 6.07 Å². The van der Waals surface area contributed by atoms with Gasteiger partial charge in [-0.3, -0.25) is 4.79 Å². The zero-order valence-electron chi connectivity index (χ0n) is 11.7. The summed E-state index contributed by atoms with van der Waals surface area (Å²) in [6, 6.07) is 6.31. The highest BCUT2D eigenvalue weighted by Gasteiger charge is 2.22. The fourth-order valence-corrected chi connectivity index (χ4v) is 2.06. The van der Waals surface area contributed by atoms with Crippen LogP contribution >= 0.6 is 15.9 Å². The maximum Gasteiger partial charge on any atom is 0.319 e. The van der Waals surface area contributed by atoms with Crippen molar-refractivity contribution in [1.82, 2.24) is 5.32 Å². The summed E-state index contributed by atoms with van der Waals surface area (Å²) in [5.41, 5.74) is 0.688. The second-order valence-corrected chi connectivity index (χ2v) is 5.74. The molecule has 0 fully saturated rings. The fourth-order valence-electron chi connectivity index (χ4n) is 1.69. The highest BCUT2D eigenvalue weighted by molar-refractivity contribution is 9.10. The van der Waals surface area contributed by atoms with Crippen LogP contribution in [0.25, 0.3) is 0 Å². The number of carbonyl (C=O) groups excluding carboxylic acids is 1. The predicted molar refractivity (Wildman–Crippen MR) is 81.8 cm³/mol. The van der Waals surface area contributed by atoms with E-state index in [9.17, 15) is 9.59 Å². The van der Waals surface area contributed by atoms with E-state index in [1.165, 1.54) is 0 Å². The first-order valence-electron chi connectivity index (χ1n) is 6.32. The smallest absolute Gasteiger partial charge is 0.319 e. The predicted octanol–water partition coefficient (Wildman–Crippen LogP) is 2.80. The molecule has 1 aromatic carbocycles. The summed E-state index contributed by atoms with van der Waals surface area (Å²) in [5, 5.41) is 23.1. The number of hydrogen-bond donors (Lipinski definition) is 3. The third-order valence-corrected chi connectivity index (χ3v) is 3.45. The van der Waals surface area contributed by atoms with Crippen molar-refractivity contribution < 1.29 is 14.7 Å². The van der Waals surface area contributed by atoms with Crippen molar-refractivity contribution in [1.29, 1.82) is 5.26 Å². The number of urea groups is 1. The van der Waals surface area contributed by atoms with Crippen molar-refractivity contribution in [3.05, 3.63) is 28.2 Å². The van der Waals surface area contributed by atoms with Gasteiger partial charge in [-0.25, -0.2) is 4.79 Å². The summed E-state index contributed by atoms with van der Waals surface area (Å²) >= 11 is 3.26. The minimum absolute atomic E-state index is 0.0225. The number of nitriles is 1. The van der Waals surface area contributed by atoms with Crippen molar-refractivity contribution in [3.63, 3.8) is 0 Å². The molecular formula is C14H16BrN3O3. The van der Waals surface area contributed by atoms with E-state index in [2.05, 4.69) is 26.6 Å². The summed E-state index contributed by atoms with van der Waals surface area (Å²) < 4.78 is 0.724. The number of nitrogens with one attached hydrogen (secondary N) is 2. The summed E-state index contributed by atoms with van der Waals surface area (Å²) in [5.74, 6) is -1.71. The molecule has 0 spiro atoms. The molecule has 6 nitrogen and oxygen atoms in total. The number of rotatable bonds is 5. The zero-order valence-corrected chi connectivity index (χ0v) is 13.3. The summed E-state index contributed by atoms with van der Waals surface area (Å²) in [7, 11) is 0. The van der Waals surface area contributed by atoms with Crippen LogP contribution in [0.5, 0.6) is 0 Å². The lowest BCUT2D eigenvalue weighted by atomic mass is 9.96. The molecule has 0 saturated carbocycles. The molecule has 1 aromatic rings. The molecule has 0 aliphatic heterocycles. The average Bonchev–Trinajstić information content (AvgIpc) is 2.38. The molecular weight excluding hydrogens is 338 g/mol. The van der Waals surface area contributed by atoms with Crippen molar-refractivity contribution in [2.24, 2.45) is 11.8 Å². The van der Waals surface area contributed by atoms with Gasteiger partial charge in [0.15, 0.2) is 0 Å². The minimum atomic E-state index is -0.953. The Bertz CT molecular complexity index is 581. The average molecular weight is 354 g/mol. The molecule has 0 bridgehead atoms. The number of halogens is 1. The zero-order chi connectivity index (χ0) is 16.0. The molecule has 21 heavy (non-hydrogen) atoms. The highest BCUT2D eigenvalue weighted by atomic mass is 79.9. The maximum absolute atomic E-state index is 11.8. The lowest BCUT2D eigenvalue weighted by molar-refractivity contribution is -0.142. The molecule has 0 aromatic heterocycles. The second-order valence-electron chi connectivity index (χ2n) is 4.83. The van der Waals surface area contributed by atoms with Crippen LogP contribution in [0.1, 0.15) is 19.4 Å². The largest absolute Gasteiger partial charge is 0.481 e. The van der Waals surface area contributed by atoms with E-state index in [0.29, 0.717) is 11.3 Å². The summed E-state index contributed by atoms with van der Waals surface area (Å²) in [4.78, 5) is 22.8. The van der Waals surface area contributed by atoms with Crippen molar-refractivity contribution in [2.45, 2.75) is 13.8 Å².